The summed E-state index contributed by atoms with van der Waals surface area (Å²) in [7, 11) is 0. The van der Waals surface area contributed by atoms with Crippen LogP contribution in [0.2, 0.25) is 5.02 Å². The Balaban J connectivity index is 2.98. The van der Waals surface area contributed by atoms with Gasteiger partial charge in [0.1, 0.15) is 5.02 Å². The predicted molar refractivity (Wildman–Crippen MR) is 68.7 cm³/mol. The molecule has 0 atom stereocenters. The van der Waals surface area contributed by atoms with Crippen LogP contribution in [0.3, 0.4) is 0 Å². The molecule has 0 saturated heterocycles. The lowest BCUT2D eigenvalue weighted by Crippen LogP contribution is -2.31. The number of nitrogens with zero attached hydrogens (tertiary/aromatic N) is 2. The van der Waals surface area contributed by atoms with E-state index in [-0.39, 0.29) is 16.6 Å². The fourth-order valence-electron chi connectivity index (χ4n) is 1.25. The lowest BCUT2D eigenvalue weighted by Gasteiger charge is -2.19. The quantitative estimate of drug-likeness (QED) is 0.863. The molecule has 1 heterocycles. The molecule has 0 aromatic carbocycles. The average molecular weight is 260 g/mol. The van der Waals surface area contributed by atoms with Crippen LogP contribution in [-0.2, 0) is 0 Å². The fraction of sp³-hybridized carbons (Fsp3) is 0.636. The SMILES string of the molecule is CC(C)n1ncc(NCC(C)(C)O)c(Cl)c1=O. The van der Waals surface area contributed by atoms with E-state index in [1.165, 1.54) is 10.9 Å². The van der Waals surface area contributed by atoms with Crippen molar-refractivity contribution in [3.05, 3.63) is 21.6 Å². The van der Waals surface area contributed by atoms with E-state index in [1.807, 2.05) is 13.8 Å². The number of halogens is 1. The second-order valence-electron chi connectivity index (χ2n) is 4.88. The third kappa shape index (κ3) is 3.71. The topological polar surface area (TPSA) is 67.2 Å². The normalized spacial score (nSPS) is 11.9. The maximum absolute atomic E-state index is 11.8. The Morgan fingerprint density at radius 2 is 2.18 bits per heavy atom. The first kappa shape index (κ1) is 14.0. The molecule has 0 spiro atoms. The third-order valence-electron chi connectivity index (χ3n) is 2.14. The van der Waals surface area contributed by atoms with E-state index in [0.717, 1.165) is 0 Å². The molecule has 6 heteroatoms. The molecule has 0 aliphatic heterocycles. The van der Waals surface area contributed by atoms with Gasteiger partial charge in [-0.05, 0) is 27.7 Å². The van der Waals surface area contributed by atoms with Crippen LogP contribution >= 0.6 is 11.6 Å². The van der Waals surface area contributed by atoms with Gasteiger partial charge < -0.3 is 10.4 Å². The van der Waals surface area contributed by atoms with E-state index >= 15 is 0 Å². The monoisotopic (exact) mass is 259 g/mol. The largest absolute Gasteiger partial charge is 0.389 e. The Hall–Kier alpha value is -1.07. The molecule has 0 aliphatic rings. The van der Waals surface area contributed by atoms with Crippen molar-refractivity contribution < 1.29 is 5.11 Å². The maximum atomic E-state index is 11.8. The van der Waals surface area contributed by atoms with Crippen LogP contribution < -0.4 is 10.9 Å². The van der Waals surface area contributed by atoms with E-state index in [4.69, 9.17) is 11.6 Å². The van der Waals surface area contributed by atoms with Crippen LogP contribution in [0.15, 0.2) is 11.0 Å². The van der Waals surface area contributed by atoms with Crippen molar-refractivity contribution in [2.75, 3.05) is 11.9 Å². The minimum absolute atomic E-state index is 0.0386. The Kier molecular flexibility index (Phi) is 4.16. The van der Waals surface area contributed by atoms with E-state index in [2.05, 4.69) is 10.4 Å². The van der Waals surface area contributed by atoms with Crippen molar-refractivity contribution in [1.82, 2.24) is 9.78 Å². The van der Waals surface area contributed by atoms with Crippen molar-refractivity contribution in [3.63, 3.8) is 0 Å². The number of aliphatic hydroxyl groups is 1. The van der Waals surface area contributed by atoms with Crippen LogP contribution in [0.4, 0.5) is 5.69 Å². The van der Waals surface area contributed by atoms with E-state index in [9.17, 15) is 9.90 Å². The first-order valence-electron chi connectivity index (χ1n) is 5.46. The lowest BCUT2D eigenvalue weighted by atomic mass is 10.1. The summed E-state index contributed by atoms with van der Waals surface area (Å²) in [6.45, 7) is 7.33. The van der Waals surface area contributed by atoms with Gasteiger partial charge in [-0.15, -0.1) is 0 Å². The van der Waals surface area contributed by atoms with Gasteiger partial charge in [0.2, 0.25) is 0 Å². The fourth-order valence-corrected chi connectivity index (χ4v) is 1.45. The van der Waals surface area contributed by atoms with Crippen LogP contribution in [0.25, 0.3) is 0 Å². The van der Waals surface area contributed by atoms with E-state index in [1.54, 1.807) is 13.8 Å². The highest BCUT2D eigenvalue weighted by molar-refractivity contribution is 6.32. The second kappa shape index (κ2) is 5.06. The van der Waals surface area contributed by atoms with Crippen LogP contribution in [-0.4, -0.2) is 27.0 Å². The van der Waals surface area contributed by atoms with Gasteiger partial charge in [0.15, 0.2) is 0 Å². The Labute approximate surface area is 105 Å². The van der Waals surface area contributed by atoms with Crippen molar-refractivity contribution in [2.24, 2.45) is 0 Å². The minimum atomic E-state index is -0.879. The molecule has 5 nitrogen and oxygen atoms in total. The van der Waals surface area contributed by atoms with Crippen LogP contribution in [0.1, 0.15) is 33.7 Å². The summed E-state index contributed by atoms with van der Waals surface area (Å²) in [5.74, 6) is 0. The first-order valence-corrected chi connectivity index (χ1v) is 5.84. The van der Waals surface area contributed by atoms with Crippen molar-refractivity contribution >= 4 is 17.3 Å². The Morgan fingerprint density at radius 3 is 2.65 bits per heavy atom. The predicted octanol–water partition coefficient (Wildman–Crippen LogP) is 1.66. The molecule has 1 aromatic heterocycles. The molecule has 0 radical (unpaired) electrons. The zero-order valence-electron chi connectivity index (χ0n) is 10.5. The number of anilines is 1. The second-order valence-corrected chi connectivity index (χ2v) is 5.26. The summed E-state index contributed by atoms with van der Waals surface area (Å²) >= 11 is 5.95. The molecule has 1 aromatic rings. The van der Waals surface area contributed by atoms with E-state index < -0.39 is 5.60 Å². The molecule has 0 fully saturated rings. The third-order valence-corrected chi connectivity index (χ3v) is 2.51. The number of hydrogen-bond donors (Lipinski definition) is 2. The van der Waals surface area contributed by atoms with Crippen molar-refractivity contribution in [1.29, 1.82) is 0 Å². The number of hydrogen-bond acceptors (Lipinski definition) is 4. The summed E-state index contributed by atoms with van der Waals surface area (Å²) in [6.07, 6.45) is 1.50. The Morgan fingerprint density at radius 1 is 1.59 bits per heavy atom. The molecule has 0 amide bonds. The van der Waals surface area contributed by atoms with Crippen molar-refractivity contribution in [2.45, 2.75) is 39.3 Å². The van der Waals surface area contributed by atoms with Gasteiger partial charge in [-0.3, -0.25) is 4.79 Å². The van der Waals surface area contributed by atoms with Gasteiger partial charge in [0.25, 0.3) is 5.56 Å². The summed E-state index contributed by atoms with van der Waals surface area (Å²) in [6, 6.07) is -0.0386. The van der Waals surface area contributed by atoms with Crippen molar-refractivity contribution in [3.8, 4) is 0 Å². The molecule has 17 heavy (non-hydrogen) atoms. The standard InChI is InChI=1S/C11H18ClN3O2/c1-7(2)15-10(16)9(12)8(5-14-15)13-6-11(3,4)17/h5,7,13,17H,6H2,1-4H3. The summed E-state index contributed by atoms with van der Waals surface area (Å²) < 4.78 is 1.32. The minimum Gasteiger partial charge on any atom is -0.389 e. The lowest BCUT2D eigenvalue weighted by molar-refractivity contribution is 0.0945. The van der Waals surface area contributed by atoms with Gasteiger partial charge in [0.05, 0.1) is 23.5 Å². The summed E-state index contributed by atoms with van der Waals surface area (Å²) in [5.41, 5.74) is -0.769. The summed E-state index contributed by atoms with van der Waals surface area (Å²) in [4.78, 5) is 11.8. The highest BCUT2D eigenvalue weighted by atomic mass is 35.5. The molecule has 0 bridgehead atoms. The average Bonchev–Trinajstić information content (AvgIpc) is 2.18. The number of rotatable bonds is 4. The van der Waals surface area contributed by atoms with Gasteiger partial charge in [-0.2, -0.15) is 5.10 Å². The van der Waals surface area contributed by atoms with E-state index in [0.29, 0.717) is 12.2 Å². The van der Waals surface area contributed by atoms with Crippen LogP contribution in [0.5, 0.6) is 0 Å². The molecule has 0 saturated carbocycles. The molecular formula is C11H18ClN3O2. The number of aromatic nitrogens is 2. The van der Waals surface area contributed by atoms with Gasteiger partial charge in [-0.25, -0.2) is 4.68 Å². The maximum Gasteiger partial charge on any atom is 0.287 e. The molecular weight excluding hydrogens is 242 g/mol. The highest BCUT2D eigenvalue weighted by Gasteiger charge is 2.15. The molecule has 0 aliphatic carbocycles. The van der Waals surface area contributed by atoms with Gasteiger partial charge in [0, 0.05) is 6.54 Å². The van der Waals surface area contributed by atoms with Gasteiger partial charge >= 0.3 is 0 Å². The Bertz CT molecular complexity index is 449. The first-order chi connectivity index (χ1) is 7.72. The summed E-state index contributed by atoms with van der Waals surface area (Å²) in [5, 5.41) is 16.6. The van der Waals surface area contributed by atoms with Gasteiger partial charge in [-0.1, -0.05) is 11.6 Å². The van der Waals surface area contributed by atoms with Crippen LogP contribution in [0, 0.1) is 0 Å². The zero-order valence-corrected chi connectivity index (χ0v) is 11.2. The number of nitrogens with one attached hydrogen (secondary N) is 1. The molecule has 96 valence electrons. The smallest absolute Gasteiger partial charge is 0.287 e. The molecule has 0 unspecified atom stereocenters. The molecule has 2 N–H and O–H groups in total. The highest BCUT2D eigenvalue weighted by Crippen LogP contribution is 2.17. The zero-order chi connectivity index (χ0) is 13.2. The molecule has 1 rings (SSSR count).